The standard InChI is InChI=1S/C13H17N3O4/c1-19-13(18)9-7-16(4-5-20-9)10-6-11(17)15-12(14-10)8-2-3-8/h6,8-9H,2-5,7H2,1H3,(H,14,15,17). The SMILES string of the molecule is COC(=O)C1CN(c2cc(=O)[nH]c(C3CC3)n2)CCO1. The molecule has 0 radical (unpaired) electrons. The van der Waals surface area contributed by atoms with Crippen molar-refractivity contribution in [3.63, 3.8) is 0 Å². The Hall–Kier alpha value is -1.89. The molecule has 20 heavy (non-hydrogen) atoms. The number of nitrogens with one attached hydrogen (secondary N) is 1. The lowest BCUT2D eigenvalue weighted by molar-refractivity contribution is -0.154. The van der Waals surface area contributed by atoms with Crippen molar-refractivity contribution in [1.29, 1.82) is 0 Å². The van der Waals surface area contributed by atoms with Gasteiger partial charge in [-0.15, -0.1) is 0 Å². The number of methoxy groups -OCH3 is 1. The van der Waals surface area contributed by atoms with Gasteiger partial charge in [0.05, 0.1) is 20.3 Å². The Morgan fingerprint density at radius 3 is 3.05 bits per heavy atom. The molecule has 0 amide bonds. The van der Waals surface area contributed by atoms with Crippen LogP contribution in [0.15, 0.2) is 10.9 Å². The lowest BCUT2D eigenvalue weighted by atomic mass is 10.2. The van der Waals surface area contributed by atoms with Gasteiger partial charge in [-0.25, -0.2) is 9.78 Å². The predicted molar refractivity (Wildman–Crippen MR) is 70.8 cm³/mol. The topological polar surface area (TPSA) is 84.5 Å². The second kappa shape index (κ2) is 5.24. The highest BCUT2D eigenvalue weighted by Gasteiger charge is 2.30. The van der Waals surface area contributed by atoms with Crippen LogP contribution in [0.25, 0.3) is 0 Å². The van der Waals surface area contributed by atoms with E-state index < -0.39 is 12.1 Å². The number of hydrogen-bond donors (Lipinski definition) is 1. The zero-order valence-corrected chi connectivity index (χ0v) is 11.3. The van der Waals surface area contributed by atoms with Gasteiger partial charge in [0.15, 0.2) is 6.10 Å². The second-order valence-corrected chi connectivity index (χ2v) is 5.09. The monoisotopic (exact) mass is 279 g/mol. The highest BCUT2D eigenvalue weighted by molar-refractivity contribution is 5.75. The van der Waals surface area contributed by atoms with E-state index in [1.165, 1.54) is 13.2 Å². The van der Waals surface area contributed by atoms with Gasteiger partial charge in [-0.3, -0.25) is 4.79 Å². The van der Waals surface area contributed by atoms with Gasteiger partial charge < -0.3 is 19.4 Å². The number of aromatic nitrogens is 2. The lowest BCUT2D eigenvalue weighted by Gasteiger charge is -2.32. The molecule has 2 heterocycles. The van der Waals surface area contributed by atoms with E-state index in [2.05, 4.69) is 9.97 Å². The summed E-state index contributed by atoms with van der Waals surface area (Å²) < 4.78 is 10.1. The summed E-state index contributed by atoms with van der Waals surface area (Å²) in [7, 11) is 1.33. The van der Waals surface area contributed by atoms with E-state index in [0.717, 1.165) is 18.7 Å². The van der Waals surface area contributed by atoms with E-state index in [1.807, 2.05) is 4.90 Å². The third kappa shape index (κ3) is 2.67. The van der Waals surface area contributed by atoms with Crippen LogP contribution in [0.4, 0.5) is 5.82 Å². The molecule has 3 rings (SSSR count). The molecule has 1 aliphatic heterocycles. The van der Waals surface area contributed by atoms with Gasteiger partial charge in [-0.1, -0.05) is 0 Å². The highest BCUT2D eigenvalue weighted by Crippen LogP contribution is 2.37. The van der Waals surface area contributed by atoms with Gasteiger partial charge in [0, 0.05) is 18.5 Å². The minimum Gasteiger partial charge on any atom is -0.467 e. The van der Waals surface area contributed by atoms with Gasteiger partial charge >= 0.3 is 5.97 Å². The molecule has 1 aromatic rings. The number of carbonyl (C=O) groups excluding carboxylic acids is 1. The van der Waals surface area contributed by atoms with E-state index in [0.29, 0.717) is 31.4 Å². The molecule has 0 bridgehead atoms. The number of rotatable bonds is 3. The van der Waals surface area contributed by atoms with Crippen LogP contribution in [-0.2, 0) is 14.3 Å². The van der Waals surface area contributed by atoms with Gasteiger partial charge in [0.2, 0.25) is 0 Å². The van der Waals surface area contributed by atoms with Crippen LogP contribution in [0.2, 0.25) is 0 Å². The van der Waals surface area contributed by atoms with Gasteiger partial charge in [0.1, 0.15) is 11.6 Å². The number of ether oxygens (including phenoxy) is 2. The van der Waals surface area contributed by atoms with Crippen molar-refractivity contribution >= 4 is 11.8 Å². The van der Waals surface area contributed by atoms with Crippen LogP contribution in [0.1, 0.15) is 24.6 Å². The lowest BCUT2D eigenvalue weighted by Crippen LogP contribution is -2.47. The fourth-order valence-corrected chi connectivity index (χ4v) is 2.31. The third-order valence-corrected chi connectivity index (χ3v) is 3.57. The summed E-state index contributed by atoms with van der Waals surface area (Å²) in [6, 6.07) is 1.46. The maximum absolute atomic E-state index is 11.7. The number of carbonyl (C=O) groups is 1. The fourth-order valence-electron chi connectivity index (χ4n) is 2.31. The Labute approximate surface area is 115 Å². The molecular formula is C13H17N3O4. The van der Waals surface area contributed by atoms with Crippen molar-refractivity contribution in [2.45, 2.75) is 24.9 Å². The molecule has 2 aliphatic rings. The molecule has 1 unspecified atom stereocenters. The molecule has 2 fully saturated rings. The number of hydrogen-bond acceptors (Lipinski definition) is 6. The summed E-state index contributed by atoms with van der Waals surface area (Å²) in [6.45, 7) is 1.37. The largest absolute Gasteiger partial charge is 0.467 e. The Morgan fingerprint density at radius 2 is 2.35 bits per heavy atom. The van der Waals surface area contributed by atoms with Crippen LogP contribution in [0.5, 0.6) is 0 Å². The first kappa shape index (κ1) is 13.1. The first-order chi connectivity index (χ1) is 9.67. The predicted octanol–water partition coefficient (Wildman–Crippen LogP) is 0.0255. The van der Waals surface area contributed by atoms with Crippen LogP contribution < -0.4 is 10.5 Å². The summed E-state index contributed by atoms with van der Waals surface area (Å²) >= 11 is 0. The number of H-pyrrole nitrogens is 1. The number of anilines is 1. The summed E-state index contributed by atoms with van der Waals surface area (Å²) in [5.41, 5.74) is -0.155. The van der Waals surface area contributed by atoms with Crippen LogP contribution in [-0.4, -0.2) is 48.8 Å². The number of nitrogens with zero attached hydrogens (tertiary/aromatic N) is 2. The van der Waals surface area contributed by atoms with Crippen molar-refractivity contribution in [3.05, 3.63) is 22.2 Å². The van der Waals surface area contributed by atoms with Crippen molar-refractivity contribution in [3.8, 4) is 0 Å². The third-order valence-electron chi connectivity index (χ3n) is 3.57. The van der Waals surface area contributed by atoms with Crippen molar-refractivity contribution in [2.24, 2.45) is 0 Å². The zero-order chi connectivity index (χ0) is 14.1. The Balaban J connectivity index is 1.81. The van der Waals surface area contributed by atoms with Gasteiger partial charge in [0.25, 0.3) is 5.56 Å². The molecule has 7 heteroatoms. The maximum Gasteiger partial charge on any atom is 0.336 e. The normalized spacial score (nSPS) is 22.6. The van der Waals surface area contributed by atoms with E-state index in [-0.39, 0.29) is 5.56 Å². The summed E-state index contributed by atoms with van der Waals surface area (Å²) in [6.07, 6.45) is 1.51. The van der Waals surface area contributed by atoms with Crippen LogP contribution in [0.3, 0.4) is 0 Å². The molecule has 1 saturated heterocycles. The molecule has 1 aromatic heterocycles. The molecule has 1 atom stereocenters. The summed E-state index contributed by atoms with van der Waals surface area (Å²) in [4.78, 5) is 32.4. The molecule has 1 N–H and O–H groups in total. The van der Waals surface area contributed by atoms with E-state index in [9.17, 15) is 9.59 Å². The maximum atomic E-state index is 11.7. The van der Waals surface area contributed by atoms with Crippen molar-refractivity contribution in [1.82, 2.24) is 9.97 Å². The molecule has 0 spiro atoms. The molecule has 1 saturated carbocycles. The first-order valence-corrected chi connectivity index (χ1v) is 6.73. The van der Waals surface area contributed by atoms with Crippen molar-refractivity contribution in [2.75, 3.05) is 31.7 Å². The van der Waals surface area contributed by atoms with Crippen LogP contribution >= 0.6 is 0 Å². The molecule has 1 aliphatic carbocycles. The quantitative estimate of drug-likeness (QED) is 0.786. The first-order valence-electron chi connectivity index (χ1n) is 6.73. The average Bonchev–Trinajstić information content (AvgIpc) is 3.30. The molecule has 7 nitrogen and oxygen atoms in total. The van der Waals surface area contributed by atoms with Gasteiger partial charge in [-0.2, -0.15) is 0 Å². The summed E-state index contributed by atoms with van der Waals surface area (Å²) in [5.74, 6) is 1.32. The number of esters is 1. The summed E-state index contributed by atoms with van der Waals surface area (Å²) in [5, 5.41) is 0. The smallest absolute Gasteiger partial charge is 0.336 e. The average molecular weight is 279 g/mol. The number of morpholine rings is 1. The minimum absolute atomic E-state index is 0.155. The molecule has 0 aromatic carbocycles. The van der Waals surface area contributed by atoms with Crippen LogP contribution in [0, 0.1) is 0 Å². The van der Waals surface area contributed by atoms with E-state index in [1.54, 1.807) is 0 Å². The minimum atomic E-state index is -0.626. The second-order valence-electron chi connectivity index (χ2n) is 5.09. The Bertz CT molecular complexity index is 567. The van der Waals surface area contributed by atoms with Crippen molar-refractivity contribution < 1.29 is 14.3 Å². The number of aromatic amines is 1. The Kier molecular flexibility index (Phi) is 3.43. The van der Waals surface area contributed by atoms with Gasteiger partial charge in [-0.05, 0) is 12.8 Å². The fraction of sp³-hybridized carbons (Fsp3) is 0.615. The van der Waals surface area contributed by atoms with E-state index in [4.69, 9.17) is 9.47 Å². The Morgan fingerprint density at radius 1 is 1.55 bits per heavy atom. The molecule has 108 valence electrons. The van der Waals surface area contributed by atoms with E-state index >= 15 is 0 Å². The molecular weight excluding hydrogens is 262 g/mol. The highest BCUT2D eigenvalue weighted by atomic mass is 16.6. The zero-order valence-electron chi connectivity index (χ0n) is 11.3.